The van der Waals surface area contributed by atoms with Crippen LogP contribution >= 0.6 is 0 Å². The number of fused-ring (bicyclic) bond motifs is 1. The zero-order valence-corrected chi connectivity index (χ0v) is 11.2. The van der Waals surface area contributed by atoms with Crippen LogP contribution < -0.4 is 10.6 Å². The van der Waals surface area contributed by atoms with E-state index in [9.17, 15) is 14.7 Å². The van der Waals surface area contributed by atoms with Gasteiger partial charge in [0.15, 0.2) is 0 Å². The predicted octanol–water partition coefficient (Wildman–Crippen LogP) is 2.10. The summed E-state index contributed by atoms with van der Waals surface area (Å²) < 4.78 is 0. The molecule has 1 unspecified atom stereocenters. The average Bonchev–Trinajstić information content (AvgIpc) is 2.86. The summed E-state index contributed by atoms with van der Waals surface area (Å²) in [4.78, 5) is 25.5. The van der Waals surface area contributed by atoms with Crippen molar-refractivity contribution >= 4 is 23.3 Å². The Kier molecular flexibility index (Phi) is 3.10. The molecule has 1 aliphatic heterocycles. The Morgan fingerprint density at radius 3 is 2.62 bits per heavy atom. The molecule has 1 amide bonds. The standard InChI is InChI=1S/C16H14N2O3/c17-11-5-3-4-10(8-11)15(19)18-9-13(16(20)21)12-6-1-2-7-14(12)18/h1-8,13H,9,17H2,(H,20,21). The van der Waals surface area contributed by atoms with Gasteiger partial charge in [-0.2, -0.15) is 0 Å². The normalized spacial score (nSPS) is 16.6. The molecule has 0 saturated carbocycles. The molecule has 0 saturated heterocycles. The maximum Gasteiger partial charge on any atom is 0.312 e. The van der Waals surface area contributed by atoms with Gasteiger partial charge in [-0.15, -0.1) is 0 Å². The molecule has 1 heterocycles. The van der Waals surface area contributed by atoms with E-state index in [1.165, 1.54) is 4.90 Å². The number of nitrogen functional groups attached to an aromatic ring is 1. The van der Waals surface area contributed by atoms with E-state index < -0.39 is 11.9 Å². The minimum atomic E-state index is -0.926. The van der Waals surface area contributed by atoms with Crippen molar-refractivity contribution in [3.63, 3.8) is 0 Å². The first-order valence-corrected chi connectivity index (χ1v) is 6.57. The van der Waals surface area contributed by atoms with Crippen molar-refractivity contribution in [1.82, 2.24) is 0 Å². The van der Waals surface area contributed by atoms with E-state index in [4.69, 9.17) is 5.73 Å². The first-order chi connectivity index (χ1) is 10.1. The van der Waals surface area contributed by atoms with Crippen molar-refractivity contribution in [2.45, 2.75) is 5.92 Å². The molecule has 2 aromatic rings. The molecule has 1 aliphatic rings. The van der Waals surface area contributed by atoms with Crippen LogP contribution in [0.5, 0.6) is 0 Å². The number of para-hydroxylation sites is 1. The molecule has 0 radical (unpaired) electrons. The number of anilines is 2. The minimum Gasteiger partial charge on any atom is -0.481 e. The largest absolute Gasteiger partial charge is 0.481 e. The van der Waals surface area contributed by atoms with Gasteiger partial charge in [0.25, 0.3) is 5.91 Å². The lowest BCUT2D eigenvalue weighted by Gasteiger charge is -2.17. The lowest BCUT2D eigenvalue weighted by Crippen LogP contribution is -2.31. The number of benzene rings is 2. The van der Waals surface area contributed by atoms with Crippen LogP contribution in [-0.4, -0.2) is 23.5 Å². The van der Waals surface area contributed by atoms with Crippen LogP contribution in [0.4, 0.5) is 11.4 Å². The van der Waals surface area contributed by atoms with Gasteiger partial charge >= 0.3 is 5.97 Å². The fourth-order valence-electron chi connectivity index (χ4n) is 2.64. The Morgan fingerprint density at radius 2 is 1.90 bits per heavy atom. The highest BCUT2D eigenvalue weighted by Gasteiger charge is 2.36. The number of carboxylic acid groups (broad SMARTS) is 1. The Labute approximate surface area is 121 Å². The highest BCUT2D eigenvalue weighted by atomic mass is 16.4. The Hall–Kier alpha value is -2.82. The van der Waals surface area contributed by atoms with Crippen molar-refractivity contribution < 1.29 is 14.7 Å². The summed E-state index contributed by atoms with van der Waals surface area (Å²) in [5, 5.41) is 9.32. The number of nitrogens with two attached hydrogens (primary N) is 1. The highest BCUT2D eigenvalue weighted by Crippen LogP contribution is 2.37. The first-order valence-electron chi connectivity index (χ1n) is 6.57. The molecule has 0 aromatic heterocycles. The number of carboxylic acids is 1. The van der Waals surface area contributed by atoms with Crippen molar-refractivity contribution in [2.75, 3.05) is 17.2 Å². The summed E-state index contributed by atoms with van der Waals surface area (Å²) in [6, 6.07) is 13.8. The first kappa shape index (κ1) is 13.2. The van der Waals surface area contributed by atoms with Gasteiger partial charge in [-0.25, -0.2) is 0 Å². The van der Waals surface area contributed by atoms with Crippen LogP contribution in [0.3, 0.4) is 0 Å². The highest BCUT2D eigenvalue weighted by molar-refractivity contribution is 6.09. The van der Waals surface area contributed by atoms with Gasteiger partial charge in [0.05, 0.1) is 0 Å². The molecule has 5 heteroatoms. The molecule has 0 fully saturated rings. The molecule has 3 N–H and O–H groups in total. The topological polar surface area (TPSA) is 83.6 Å². The van der Waals surface area contributed by atoms with Gasteiger partial charge in [-0.05, 0) is 29.8 Å². The summed E-state index contributed by atoms with van der Waals surface area (Å²) >= 11 is 0. The summed E-state index contributed by atoms with van der Waals surface area (Å²) in [5.41, 5.74) is 7.98. The lowest BCUT2D eigenvalue weighted by atomic mass is 10.0. The van der Waals surface area contributed by atoms with Gasteiger partial charge in [0.2, 0.25) is 0 Å². The zero-order chi connectivity index (χ0) is 15.0. The molecule has 106 valence electrons. The number of hydrogen-bond acceptors (Lipinski definition) is 3. The second kappa shape index (κ2) is 4.94. The van der Waals surface area contributed by atoms with Gasteiger partial charge in [0.1, 0.15) is 5.92 Å². The third kappa shape index (κ3) is 2.23. The van der Waals surface area contributed by atoms with Crippen LogP contribution in [-0.2, 0) is 4.79 Å². The predicted molar refractivity (Wildman–Crippen MR) is 79.3 cm³/mol. The number of carbonyl (C=O) groups excluding carboxylic acids is 1. The molecule has 0 bridgehead atoms. The summed E-state index contributed by atoms with van der Waals surface area (Å²) in [7, 11) is 0. The van der Waals surface area contributed by atoms with Crippen molar-refractivity contribution in [2.24, 2.45) is 0 Å². The van der Waals surface area contributed by atoms with E-state index in [2.05, 4.69) is 0 Å². The molecule has 1 atom stereocenters. The average molecular weight is 282 g/mol. The van der Waals surface area contributed by atoms with Crippen LogP contribution in [0.25, 0.3) is 0 Å². The molecule has 0 aliphatic carbocycles. The van der Waals surface area contributed by atoms with E-state index in [0.717, 1.165) is 0 Å². The summed E-state index contributed by atoms with van der Waals surface area (Å²) in [6.45, 7) is 0.141. The Bertz CT molecular complexity index is 727. The maximum atomic E-state index is 12.6. The number of nitrogens with zero attached hydrogens (tertiary/aromatic N) is 1. The number of rotatable bonds is 2. The van der Waals surface area contributed by atoms with E-state index in [0.29, 0.717) is 22.5 Å². The van der Waals surface area contributed by atoms with Crippen molar-refractivity contribution in [3.8, 4) is 0 Å². The quantitative estimate of drug-likeness (QED) is 0.826. The van der Waals surface area contributed by atoms with Crippen LogP contribution in [0, 0.1) is 0 Å². The molecular weight excluding hydrogens is 268 g/mol. The third-order valence-electron chi connectivity index (χ3n) is 3.64. The van der Waals surface area contributed by atoms with Gasteiger partial charge in [-0.1, -0.05) is 24.3 Å². The lowest BCUT2D eigenvalue weighted by molar-refractivity contribution is -0.138. The van der Waals surface area contributed by atoms with Crippen molar-refractivity contribution in [1.29, 1.82) is 0 Å². The van der Waals surface area contributed by atoms with E-state index in [1.807, 2.05) is 0 Å². The van der Waals surface area contributed by atoms with Gasteiger partial charge in [0, 0.05) is 23.5 Å². The summed E-state index contributed by atoms with van der Waals surface area (Å²) in [5.74, 6) is -1.85. The second-order valence-corrected chi connectivity index (χ2v) is 4.99. The number of carbonyl (C=O) groups is 2. The van der Waals surface area contributed by atoms with E-state index in [-0.39, 0.29) is 12.5 Å². The van der Waals surface area contributed by atoms with E-state index in [1.54, 1.807) is 48.5 Å². The monoisotopic (exact) mass is 282 g/mol. The summed E-state index contributed by atoms with van der Waals surface area (Å²) in [6.07, 6.45) is 0. The third-order valence-corrected chi connectivity index (χ3v) is 3.64. The van der Waals surface area contributed by atoms with Crippen LogP contribution in [0.15, 0.2) is 48.5 Å². The number of aliphatic carboxylic acids is 1. The smallest absolute Gasteiger partial charge is 0.312 e. The molecular formula is C16H14N2O3. The Morgan fingerprint density at radius 1 is 1.14 bits per heavy atom. The van der Waals surface area contributed by atoms with Gasteiger partial charge < -0.3 is 15.7 Å². The molecule has 21 heavy (non-hydrogen) atoms. The maximum absolute atomic E-state index is 12.6. The van der Waals surface area contributed by atoms with E-state index >= 15 is 0 Å². The van der Waals surface area contributed by atoms with Gasteiger partial charge in [-0.3, -0.25) is 9.59 Å². The Balaban J connectivity index is 2.01. The van der Waals surface area contributed by atoms with Crippen LogP contribution in [0.2, 0.25) is 0 Å². The zero-order valence-electron chi connectivity index (χ0n) is 11.2. The van der Waals surface area contributed by atoms with Crippen molar-refractivity contribution in [3.05, 3.63) is 59.7 Å². The second-order valence-electron chi connectivity index (χ2n) is 4.99. The minimum absolute atomic E-state index is 0.141. The number of hydrogen-bond donors (Lipinski definition) is 2. The SMILES string of the molecule is Nc1cccc(C(=O)N2CC(C(=O)O)c3ccccc32)c1. The molecule has 3 rings (SSSR count). The molecule has 0 spiro atoms. The fourth-order valence-corrected chi connectivity index (χ4v) is 2.64. The fraction of sp³-hybridized carbons (Fsp3) is 0.125. The molecule has 2 aromatic carbocycles. The number of amides is 1. The molecule has 5 nitrogen and oxygen atoms in total. The van der Waals surface area contributed by atoms with Crippen LogP contribution in [0.1, 0.15) is 21.8 Å².